The normalized spacial score (nSPS) is 10.2. The number of benzene rings is 2. The summed E-state index contributed by atoms with van der Waals surface area (Å²) >= 11 is 0. The molecule has 0 aliphatic heterocycles. The summed E-state index contributed by atoms with van der Waals surface area (Å²) in [7, 11) is 3.43. The molecule has 0 radical (unpaired) electrons. The summed E-state index contributed by atoms with van der Waals surface area (Å²) < 4.78 is 0. The van der Waals surface area contributed by atoms with Crippen LogP contribution in [0.25, 0.3) is 0 Å². The molecule has 0 unspecified atom stereocenters. The van der Waals surface area contributed by atoms with Gasteiger partial charge in [-0.3, -0.25) is 9.59 Å². The van der Waals surface area contributed by atoms with E-state index in [4.69, 9.17) is 0 Å². The second-order valence-electron chi connectivity index (χ2n) is 5.64. The zero-order valence-corrected chi connectivity index (χ0v) is 13.5. The first-order valence-corrected chi connectivity index (χ1v) is 7.27. The minimum absolute atomic E-state index is 0.0198. The van der Waals surface area contributed by atoms with Crippen molar-refractivity contribution in [3.63, 3.8) is 0 Å². The number of aromatic hydroxyl groups is 1. The molecule has 0 saturated heterocycles. The molecule has 0 aliphatic carbocycles. The maximum Gasteiger partial charge on any atom is 0.259 e. The molecule has 2 amide bonds. The molecule has 0 saturated carbocycles. The summed E-state index contributed by atoms with van der Waals surface area (Å²) in [5, 5.41) is 12.6. The summed E-state index contributed by atoms with van der Waals surface area (Å²) in [5.41, 5.74) is 2.59. The molecule has 0 spiro atoms. The van der Waals surface area contributed by atoms with Crippen LogP contribution in [-0.2, 0) is 11.2 Å². The highest BCUT2D eigenvalue weighted by Crippen LogP contribution is 2.20. The van der Waals surface area contributed by atoms with Crippen molar-refractivity contribution in [3.8, 4) is 5.75 Å². The molecule has 120 valence electrons. The molecule has 5 heteroatoms. The Hall–Kier alpha value is -2.82. The van der Waals surface area contributed by atoms with E-state index >= 15 is 0 Å². The fourth-order valence-corrected chi connectivity index (χ4v) is 2.07. The van der Waals surface area contributed by atoms with E-state index in [1.165, 1.54) is 4.90 Å². The Morgan fingerprint density at radius 2 is 1.74 bits per heavy atom. The molecular formula is C18H20N2O3. The van der Waals surface area contributed by atoms with Gasteiger partial charge < -0.3 is 15.3 Å². The van der Waals surface area contributed by atoms with Crippen molar-refractivity contribution >= 4 is 17.5 Å². The van der Waals surface area contributed by atoms with Crippen LogP contribution in [0.1, 0.15) is 21.5 Å². The van der Waals surface area contributed by atoms with Gasteiger partial charge in [-0.25, -0.2) is 0 Å². The highest BCUT2D eigenvalue weighted by Gasteiger charge is 2.11. The minimum atomic E-state index is -0.375. The van der Waals surface area contributed by atoms with Gasteiger partial charge in [-0.15, -0.1) is 0 Å². The summed E-state index contributed by atoms with van der Waals surface area (Å²) in [6, 6.07) is 12.0. The van der Waals surface area contributed by atoms with Crippen LogP contribution in [0.3, 0.4) is 0 Å². The largest absolute Gasteiger partial charge is 0.507 e. The maximum atomic E-state index is 12.2. The zero-order chi connectivity index (χ0) is 17.0. The lowest BCUT2D eigenvalue weighted by molar-refractivity contribution is -0.127. The Balaban J connectivity index is 2.06. The van der Waals surface area contributed by atoms with Gasteiger partial charge in [0.1, 0.15) is 5.75 Å². The number of carbonyl (C=O) groups is 2. The number of carbonyl (C=O) groups excluding carboxylic acids is 2. The molecule has 0 bridgehead atoms. The molecule has 2 aromatic carbocycles. The molecule has 2 rings (SSSR count). The lowest BCUT2D eigenvalue weighted by Gasteiger charge is -2.11. The third-order valence-corrected chi connectivity index (χ3v) is 3.46. The lowest BCUT2D eigenvalue weighted by atomic mass is 10.1. The molecular weight excluding hydrogens is 292 g/mol. The first kappa shape index (κ1) is 16.5. The highest BCUT2D eigenvalue weighted by atomic mass is 16.3. The third kappa shape index (κ3) is 4.32. The first-order valence-electron chi connectivity index (χ1n) is 7.27. The second kappa shape index (κ2) is 6.96. The van der Waals surface area contributed by atoms with Crippen LogP contribution in [0, 0.1) is 6.92 Å². The molecule has 23 heavy (non-hydrogen) atoms. The molecule has 5 nitrogen and oxygen atoms in total. The van der Waals surface area contributed by atoms with Crippen LogP contribution < -0.4 is 5.32 Å². The topological polar surface area (TPSA) is 69.6 Å². The van der Waals surface area contributed by atoms with Gasteiger partial charge in [0.15, 0.2) is 0 Å². The van der Waals surface area contributed by atoms with Crippen LogP contribution in [0.5, 0.6) is 5.75 Å². The Labute approximate surface area is 135 Å². The number of hydrogen-bond donors (Lipinski definition) is 2. The molecule has 0 aromatic heterocycles. The predicted octanol–water partition coefficient (Wildman–Crippen LogP) is 2.58. The van der Waals surface area contributed by atoms with E-state index in [2.05, 4.69) is 5.32 Å². The second-order valence-corrected chi connectivity index (χ2v) is 5.64. The molecule has 2 N–H and O–H groups in total. The molecule has 0 aliphatic rings. The van der Waals surface area contributed by atoms with Crippen LogP contribution in [0.15, 0.2) is 42.5 Å². The van der Waals surface area contributed by atoms with Crippen LogP contribution in [0.2, 0.25) is 0 Å². The number of aryl methyl sites for hydroxylation is 1. The van der Waals surface area contributed by atoms with Crippen molar-refractivity contribution < 1.29 is 14.7 Å². The van der Waals surface area contributed by atoms with E-state index in [1.807, 2.05) is 6.92 Å². The number of amides is 2. The Morgan fingerprint density at radius 3 is 2.30 bits per heavy atom. The van der Waals surface area contributed by atoms with Crippen molar-refractivity contribution in [1.29, 1.82) is 0 Å². The number of rotatable bonds is 4. The van der Waals surface area contributed by atoms with Gasteiger partial charge in [0.05, 0.1) is 12.0 Å². The van der Waals surface area contributed by atoms with Gasteiger partial charge in [-0.1, -0.05) is 18.2 Å². The number of nitrogens with one attached hydrogen (secondary N) is 1. The summed E-state index contributed by atoms with van der Waals surface area (Å²) in [6.07, 6.45) is 0.319. The summed E-state index contributed by atoms with van der Waals surface area (Å²) in [6.45, 7) is 1.84. The van der Waals surface area contributed by atoms with E-state index in [0.29, 0.717) is 12.1 Å². The van der Waals surface area contributed by atoms with E-state index in [9.17, 15) is 14.7 Å². The van der Waals surface area contributed by atoms with Crippen molar-refractivity contribution in [3.05, 3.63) is 59.2 Å². The third-order valence-electron chi connectivity index (χ3n) is 3.46. The molecule has 2 aromatic rings. The van der Waals surface area contributed by atoms with E-state index in [-0.39, 0.29) is 23.1 Å². The first-order chi connectivity index (χ1) is 10.9. The van der Waals surface area contributed by atoms with Crippen LogP contribution in [0.4, 0.5) is 5.69 Å². The summed E-state index contributed by atoms with van der Waals surface area (Å²) in [5.74, 6) is -0.401. The van der Waals surface area contributed by atoms with Gasteiger partial charge in [0.2, 0.25) is 5.91 Å². The molecule has 0 heterocycles. The highest BCUT2D eigenvalue weighted by molar-refractivity contribution is 6.06. The number of anilines is 1. The number of phenolic OH excluding ortho intramolecular Hbond substituents is 1. The zero-order valence-electron chi connectivity index (χ0n) is 13.5. The van der Waals surface area contributed by atoms with Crippen molar-refractivity contribution in [1.82, 2.24) is 4.90 Å². The number of likely N-dealkylation sites (N-methyl/N-ethyl adjacent to an activating group) is 1. The van der Waals surface area contributed by atoms with Gasteiger partial charge in [0.25, 0.3) is 5.91 Å². The van der Waals surface area contributed by atoms with Crippen LogP contribution in [-0.4, -0.2) is 35.9 Å². The standard InChI is InChI=1S/C18H20N2O3/c1-12-4-9-15(16(21)10-12)18(23)19-14-7-5-13(6-8-14)11-17(22)20(2)3/h4-10,21H,11H2,1-3H3,(H,19,23). The van der Waals surface area contributed by atoms with Crippen molar-refractivity contribution in [2.45, 2.75) is 13.3 Å². The van der Waals surface area contributed by atoms with Gasteiger partial charge in [0, 0.05) is 19.8 Å². The number of hydrogen-bond acceptors (Lipinski definition) is 3. The van der Waals surface area contributed by atoms with Gasteiger partial charge in [-0.2, -0.15) is 0 Å². The average molecular weight is 312 g/mol. The Bertz CT molecular complexity index is 722. The Morgan fingerprint density at radius 1 is 1.09 bits per heavy atom. The lowest BCUT2D eigenvalue weighted by Crippen LogP contribution is -2.23. The van der Waals surface area contributed by atoms with E-state index in [1.54, 1.807) is 56.6 Å². The maximum absolute atomic E-state index is 12.2. The SMILES string of the molecule is Cc1ccc(C(=O)Nc2ccc(CC(=O)N(C)C)cc2)c(O)c1. The Kier molecular flexibility index (Phi) is 5.01. The number of nitrogens with zero attached hydrogens (tertiary/aromatic N) is 1. The van der Waals surface area contributed by atoms with Crippen molar-refractivity contribution in [2.75, 3.05) is 19.4 Å². The average Bonchev–Trinajstić information content (AvgIpc) is 2.48. The monoisotopic (exact) mass is 312 g/mol. The van der Waals surface area contributed by atoms with E-state index in [0.717, 1.165) is 11.1 Å². The van der Waals surface area contributed by atoms with E-state index < -0.39 is 0 Å². The fraction of sp³-hybridized carbons (Fsp3) is 0.222. The molecule has 0 fully saturated rings. The quantitative estimate of drug-likeness (QED) is 0.911. The van der Waals surface area contributed by atoms with Gasteiger partial charge in [-0.05, 0) is 42.3 Å². The summed E-state index contributed by atoms with van der Waals surface area (Å²) in [4.78, 5) is 25.4. The number of phenols is 1. The van der Waals surface area contributed by atoms with Gasteiger partial charge >= 0.3 is 0 Å². The fourth-order valence-electron chi connectivity index (χ4n) is 2.07. The van der Waals surface area contributed by atoms with Crippen molar-refractivity contribution in [2.24, 2.45) is 0 Å². The minimum Gasteiger partial charge on any atom is -0.507 e. The smallest absolute Gasteiger partial charge is 0.259 e. The molecule has 0 atom stereocenters. The van der Waals surface area contributed by atoms with Crippen LogP contribution >= 0.6 is 0 Å². The predicted molar refractivity (Wildman–Crippen MR) is 89.6 cm³/mol.